The lowest BCUT2D eigenvalue weighted by Gasteiger charge is -2.10. The van der Waals surface area contributed by atoms with Gasteiger partial charge in [-0.05, 0) is 54.8 Å². The average molecular weight is 387 g/mol. The zero-order valence-electron chi connectivity index (χ0n) is 16.0. The minimum atomic E-state index is -0.262. The predicted octanol–water partition coefficient (Wildman–Crippen LogP) is 4.72. The Morgan fingerprint density at radius 1 is 0.931 bits per heavy atom. The van der Waals surface area contributed by atoms with E-state index >= 15 is 0 Å². The van der Waals surface area contributed by atoms with Crippen LogP contribution in [0.2, 0.25) is 0 Å². The Hall–Kier alpha value is -3.67. The van der Waals surface area contributed by atoms with E-state index in [1.165, 1.54) is 0 Å². The van der Waals surface area contributed by atoms with Gasteiger partial charge < -0.3 is 15.4 Å². The molecule has 146 valence electrons. The van der Waals surface area contributed by atoms with Crippen LogP contribution in [-0.4, -0.2) is 16.8 Å². The lowest BCUT2D eigenvalue weighted by atomic mass is 10.1. The topological polar surface area (TPSA) is 80.3 Å². The molecule has 1 heterocycles. The van der Waals surface area contributed by atoms with Crippen molar-refractivity contribution in [3.8, 4) is 11.5 Å². The zero-order valence-corrected chi connectivity index (χ0v) is 16.0. The van der Waals surface area contributed by atoms with Crippen molar-refractivity contribution in [2.75, 3.05) is 10.6 Å². The smallest absolute Gasteiger partial charge is 0.255 e. The number of aromatic nitrogens is 1. The summed E-state index contributed by atoms with van der Waals surface area (Å²) in [7, 11) is 0. The highest BCUT2D eigenvalue weighted by molar-refractivity contribution is 6.05. The van der Waals surface area contributed by atoms with Crippen LogP contribution in [0.5, 0.6) is 11.5 Å². The Morgan fingerprint density at radius 3 is 2.34 bits per heavy atom. The van der Waals surface area contributed by atoms with Crippen LogP contribution in [-0.2, 0) is 4.79 Å². The third-order valence-corrected chi connectivity index (χ3v) is 4.82. The van der Waals surface area contributed by atoms with Crippen molar-refractivity contribution in [3.63, 3.8) is 0 Å². The van der Waals surface area contributed by atoms with Crippen molar-refractivity contribution in [1.82, 2.24) is 4.98 Å². The van der Waals surface area contributed by atoms with Gasteiger partial charge in [-0.15, -0.1) is 0 Å². The van der Waals surface area contributed by atoms with Gasteiger partial charge >= 0.3 is 0 Å². The van der Waals surface area contributed by atoms with E-state index in [0.717, 1.165) is 6.42 Å². The Kier molecular flexibility index (Phi) is 5.24. The van der Waals surface area contributed by atoms with Crippen LogP contribution in [0.25, 0.3) is 0 Å². The molecule has 29 heavy (non-hydrogen) atoms. The number of benzene rings is 2. The van der Waals surface area contributed by atoms with Gasteiger partial charge in [0.2, 0.25) is 5.91 Å². The fourth-order valence-electron chi connectivity index (χ4n) is 3.04. The normalized spacial score (nSPS) is 17.3. The third-order valence-electron chi connectivity index (χ3n) is 4.82. The van der Waals surface area contributed by atoms with Crippen LogP contribution in [0.15, 0.2) is 73.1 Å². The summed E-state index contributed by atoms with van der Waals surface area (Å²) >= 11 is 0. The van der Waals surface area contributed by atoms with Crippen LogP contribution in [0.3, 0.4) is 0 Å². The van der Waals surface area contributed by atoms with E-state index in [0.29, 0.717) is 34.4 Å². The molecule has 6 nitrogen and oxygen atoms in total. The molecule has 2 aromatic carbocycles. The Morgan fingerprint density at radius 2 is 1.62 bits per heavy atom. The molecule has 0 bridgehead atoms. The van der Waals surface area contributed by atoms with E-state index < -0.39 is 0 Å². The lowest BCUT2D eigenvalue weighted by Crippen LogP contribution is -2.16. The Labute approximate surface area is 168 Å². The van der Waals surface area contributed by atoms with E-state index in [2.05, 4.69) is 22.5 Å². The molecule has 2 amide bonds. The standard InChI is InChI=1S/C23H21N3O3/c1-15-12-21(15)23(28)26-17-5-2-4-16(13-17)22(27)25-18-6-3-7-20(14-18)29-19-8-10-24-11-9-19/h2-11,13-15,21H,12H2,1H3,(H,25,27)(H,26,28). The molecule has 1 fully saturated rings. The van der Waals surface area contributed by atoms with Crippen molar-refractivity contribution < 1.29 is 14.3 Å². The maximum Gasteiger partial charge on any atom is 0.255 e. The van der Waals surface area contributed by atoms with Gasteiger partial charge in [-0.1, -0.05) is 19.1 Å². The Balaban J connectivity index is 1.42. The molecule has 2 atom stereocenters. The number of nitrogens with one attached hydrogen (secondary N) is 2. The molecule has 0 aliphatic heterocycles. The highest BCUT2D eigenvalue weighted by atomic mass is 16.5. The molecular formula is C23H21N3O3. The SMILES string of the molecule is CC1CC1C(=O)Nc1cccc(C(=O)Nc2cccc(Oc3ccncc3)c2)c1. The minimum Gasteiger partial charge on any atom is -0.457 e. The first kappa shape index (κ1) is 18.7. The van der Waals surface area contributed by atoms with Crippen LogP contribution in [0.1, 0.15) is 23.7 Å². The number of ether oxygens (including phenoxy) is 1. The number of amides is 2. The van der Waals surface area contributed by atoms with Crippen LogP contribution in [0.4, 0.5) is 11.4 Å². The molecule has 1 aliphatic carbocycles. The van der Waals surface area contributed by atoms with Gasteiger partial charge in [-0.2, -0.15) is 0 Å². The van der Waals surface area contributed by atoms with Crippen LogP contribution in [0, 0.1) is 11.8 Å². The molecule has 6 heteroatoms. The van der Waals surface area contributed by atoms with E-state index in [9.17, 15) is 9.59 Å². The number of anilines is 2. The molecule has 0 saturated heterocycles. The summed E-state index contributed by atoms with van der Waals surface area (Å²) in [4.78, 5) is 28.7. The molecule has 1 aromatic heterocycles. The fourth-order valence-corrected chi connectivity index (χ4v) is 3.04. The monoisotopic (exact) mass is 387 g/mol. The molecule has 3 aromatic rings. The zero-order chi connectivity index (χ0) is 20.2. The van der Waals surface area contributed by atoms with Crippen molar-refractivity contribution in [1.29, 1.82) is 0 Å². The molecule has 1 saturated carbocycles. The quantitative estimate of drug-likeness (QED) is 0.641. The molecule has 1 aliphatic rings. The second-order valence-electron chi connectivity index (χ2n) is 7.16. The number of carbonyl (C=O) groups excluding carboxylic acids is 2. The highest BCUT2D eigenvalue weighted by Crippen LogP contribution is 2.38. The van der Waals surface area contributed by atoms with Gasteiger partial charge in [-0.25, -0.2) is 0 Å². The van der Waals surface area contributed by atoms with Crippen molar-refractivity contribution in [2.45, 2.75) is 13.3 Å². The van der Waals surface area contributed by atoms with Crippen LogP contribution < -0.4 is 15.4 Å². The largest absolute Gasteiger partial charge is 0.457 e. The number of carbonyl (C=O) groups is 2. The summed E-state index contributed by atoms with van der Waals surface area (Å²) < 4.78 is 5.77. The summed E-state index contributed by atoms with van der Waals surface area (Å²) in [5.74, 6) is 1.53. The van der Waals surface area contributed by atoms with Crippen LogP contribution >= 0.6 is 0 Å². The number of hydrogen-bond acceptors (Lipinski definition) is 4. The summed E-state index contributed by atoms with van der Waals surface area (Å²) in [6.07, 6.45) is 4.22. The van der Waals surface area contributed by atoms with Crippen molar-refractivity contribution in [2.24, 2.45) is 11.8 Å². The highest BCUT2D eigenvalue weighted by Gasteiger charge is 2.39. The van der Waals surface area contributed by atoms with Crippen molar-refractivity contribution >= 4 is 23.2 Å². The minimum absolute atomic E-state index is 0.0102. The maximum absolute atomic E-state index is 12.6. The summed E-state index contributed by atoms with van der Waals surface area (Å²) in [5, 5.41) is 5.75. The first-order valence-corrected chi connectivity index (χ1v) is 9.49. The number of rotatable bonds is 6. The predicted molar refractivity (Wildman–Crippen MR) is 111 cm³/mol. The number of nitrogens with zero attached hydrogens (tertiary/aromatic N) is 1. The van der Waals surface area contributed by atoms with Gasteiger partial charge in [0, 0.05) is 41.3 Å². The molecular weight excluding hydrogens is 366 g/mol. The maximum atomic E-state index is 12.6. The molecule has 4 rings (SSSR count). The summed E-state index contributed by atoms with van der Waals surface area (Å²) in [6, 6.07) is 17.6. The van der Waals surface area contributed by atoms with E-state index in [1.807, 2.05) is 6.07 Å². The van der Waals surface area contributed by atoms with Gasteiger partial charge in [-0.3, -0.25) is 14.6 Å². The fraction of sp³-hybridized carbons (Fsp3) is 0.174. The van der Waals surface area contributed by atoms with Gasteiger partial charge in [0.05, 0.1) is 0 Å². The first-order valence-electron chi connectivity index (χ1n) is 9.49. The summed E-state index contributed by atoms with van der Waals surface area (Å²) in [6.45, 7) is 2.06. The Bertz CT molecular complexity index is 1040. The first-order chi connectivity index (χ1) is 14.1. The lowest BCUT2D eigenvalue weighted by molar-refractivity contribution is -0.117. The second-order valence-corrected chi connectivity index (χ2v) is 7.16. The molecule has 2 unspecified atom stereocenters. The van der Waals surface area contributed by atoms with Crippen molar-refractivity contribution in [3.05, 3.63) is 78.6 Å². The number of pyridine rings is 1. The van der Waals surface area contributed by atoms with Gasteiger partial charge in [0.1, 0.15) is 11.5 Å². The second kappa shape index (κ2) is 8.14. The van der Waals surface area contributed by atoms with E-state index in [1.54, 1.807) is 67.0 Å². The number of hydrogen-bond donors (Lipinski definition) is 2. The molecule has 0 spiro atoms. The summed E-state index contributed by atoms with van der Waals surface area (Å²) in [5.41, 5.74) is 1.70. The van der Waals surface area contributed by atoms with E-state index in [4.69, 9.17) is 4.74 Å². The van der Waals surface area contributed by atoms with E-state index in [-0.39, 0.29) is 17.7 Å². The van der Waals surface area contributed by atoms with Gasteiger partial charge in [0.15, 0.2) is 0 Å². The molecule has 0 radical (unpaired) electrons. The average Bonchev–Trinajstić information content (AvgIpc) is 3.46. The van der Waals surface area contributed by atoms with Gasteiger partial charge in [0.25, 0.3) is 5.91 Å². The molecule has 2 N–H and O–H groups in total. The third kappa shape index (κ3) is 4.79.